The number of anilines is 1. The first-order valence-corrected chi connectivity index (χ1v) is 6.47. The van der Waals surface area contributed by atoms with Gasteiger partial charge in [-0.25, -0.2) is 0 Å². The summed E-state index contributed by atoms with van der Waals surface area (Å²) >= 11 is 7.41. The molecule has 0 atom stereocenters. The summed E-state index contributed by atoms with van der Waals surface area (Å²) < 4.78 is 0.782. The van der Waals surface area contributed by atoms with Crippen molar-refractivity contribution in [3.63, 3.8) is 0 Å². The molecule has 2 nitrogen and oxygen atoms in total. The van der Waals surface area contributed by atoms with Crippen LogP contribution in [0.15, 0.2) is 41.5 Å². The van der Waals surface area contributed by atoms with E-state index in [9.17, 15) is 0 Å². The van der Waals surface area contributed by atoms with Crippen molar-refractivity contribution in [1.29, 1.82) is 0 Å². The summed E-state index contributed by atoms with van der Waals surface area (Å²) in [7, 11) is 0. The summed E-state index contributed by atoms with van der Waals surface area (Å²) in [6.07, 6.45) is 0. The number of hydrazone groups is 1. The quantitative estimate of drug-likeness (QED) is 0.638. The summed E-state index contributed by atoms with van der Waals surface area (Å²) in [6.45, 7) is 4.02. The van der Waals surface area contributed by atoms with Gasteiger partial charge in [-0.1, -0.05) is 29.3 Å². The fraction of sp³-hybridized carbons (Fsp3) is 0.154. The second-order valence-electron chi connectivity index (χ2n) is 3.78. The van der Waals surface area contributed by atoms with Crippen molar-refractivity contribution in [2.45, 2.75) is 13.8 Å². The summed E-state index contributed by atoms with van der Waals surface area (Å²) in [5.74, 6) is 0. The first-order chi connectivity index (χ1) is 8.15. The van der Waals surface area contributed by atoms with Crippen LogP contribution in [0.25, 0.3) is 0 Å². The number of halogens is 1. The third-order valence-corrected chi connectivity index (χ3v) is 3.67. The average molecular weight is 265 g/mol. The maximum Gasteiger partial charge on any atom is 0.0935 e. The molecule has 0 unspecified atom stereocenters. The Bertz CT molecular complexity index is 529. The van der Waals surface area contributed by atoms with Gasteiger partial charge in [0.15, 0.2) is 0 Å². The number of rotatable bonds is 3. The molecule has 1 N–H and O–H groups in total. The van der Waals surface area contributed by atoms with Gasteiger partial charge in [-0.3, -0.25) is 5.43 Å². The molecule has 0 spiro atoms. The van der Waals surface area contributed by atoms with Crippen LogP contribution in [0, 0.1) is 6.92 Å². The van der Waals surface area contributed by atoms with Gasteiger partial charge in [-0.2, -0.15) is 5.10 Å². The Morgan fingerprint density at radius 3 is 2.47 bits per heavy atom. The topological polar surface area (TPSA) is 24.4 Å². The molecule has 0 aliphatic heterocycles. The zero-order chi connectivity index (χ0) is 12.3. The van der Waals surface area contributed by atoms with Crippen molar-refractivity contribution in [1.82, 2.24) is 0 Å². The minimum atomic E-state index is 0.782. The molecule has 0 radical (unpaired) electrons. The number of thiophene rings is 1. The Morgan fingerprint density at radius 1 is 1.18 bits per heavy atom. The lowest BCUT2D eigenvalue weighted by molar-refractivity contribution is 1.32. The predicted octanol–water partition coefficient (Wildman–Crippen LogP) is 4.55. The Balaban J connectivity index is 2.08. The van der Waals surface area contributed by atoms with E-state index in [1.807, 2.05) is 31.2 Å². The smallest absolute Gasteiger partial charge is 0.0935 e. The van der Waals surface area contributed by atoms with Gasteiger partial charge in [0.2, 0.25) is 0 Å². The molecular formula is C13H13ClN2S. The van der Waals surface area contributed by atoms with Crippen LogP contribution < -0.4 is 5.43 Å². The Hall–Kier alpha value is -1.32. The van der Waals surface area contributed by atoms with Gasteiger partial charge in [-0.05, 0) is 38.1 Å². The first kappa shape index (κ1) is 12.1. The van der Waals surface area contributed by atoms with Gasteiger partial charge in [0.05, 0.1) is 20.6 Å². The van der Waals surface area contributed by atoms with Gasteiger partial charge in [0.25, 0.3) is 0 Å². The maximum absolute atomic E-state index is 5.88. The number of benzene rings is 1. The van der Waals surface area contributed by atoms with Crippen LogP contribution >= 0.6 is 22.9 Å². The molecule has 4 heteroatoms. The zero-order valence-corrected chi connectivity index (χ0v) is 11.3. The van der Waals surface area contributed by atoms with E-state index in [2.05, 4.69) is 29.6 Å². The summed E-state index contributed by atoms with van der Waals surface area (Å²) in [6, 6.07) is 12.0. The summed E-state index contributed by atoms with van der Waals surface area (Å²) in [5.41, 5.74) is 6.18. The highest BCUT2D eigenvalue weighted by molar-refractivity contribution is 7.18. The van der Waals surface area contributed by atoms with E-state index >= 15 is 0 Å². The van der Waals surface area contributed by atoms with E-state index in [0.29, 0.717) is 0 Å². The lowest BCUT2D eigenvalue weighted by Gasteiger charge is -2.02. The Labute approximate surface area is 110 Å². The molecule has 2 rings (SSSR count). The minimum absolute atomic E-state index is 0.782. The molecule has 0 bridgehead atoms. The van der Waals surface area contributed by atoms with Crippen molar-refractivity contribution in [2.75, 3.05) is 5.43 Å². The molecule has 1 aromatic heterocycles. The normalized spacial score (nSPS) is 11.6. The average Bonchev–Trinajstić information content (AvgIpc) is 2.75. The van der Waals surface area contributed by atoms with Gasteiger partial charge in [-0.15, -0.1) is 11.3 Å². The van der Waals surface area contributed by atoms with Crippen LogP contribution in [0.4, 0.5) is 5.69 Å². The monoisotopic (exact) mass is 264 g/mol. The van der Waals surface area contributed by atoms with Crippen LogP contribution in [0.5, 0.6) is 0 Å². The third kappa shape index (κ3) is 3.32. The van der Waals surface area contributed by atoms with Crippen LogP contribution in [-0.2, 0) is 0 Å². The fourth-order valence-corrected chi connectivity index (χ4v) is 2.33. The molecule has 0 aliphatic carbocycles. The van der Waals surface area contributed by atoms with Crippen LogP contribution in [-0.4, -0.2) is 5.71 Å². The van der Waals surface area contributed by atoms with Crippen molar-refractivity contribution in [3.8, 4) is 0 Å². The largest absolute Gasteiger partial charge is 0.278 e. The number of nitrogens with zero attached hydrogens (tertiary/aromatic N) is 1. The molecule has 2 aromatic rings. The van der Waals surface area contributed by atoms with E-state index in [0.717, 1.165) is 20.6 Å². The molecule has 1 aromatic carbocycles. The summed E-state index contributed by atoms with van der Waals surface area (Å²) in [4.78, 5) is 1.08. The third-order valence-electron chi connectivity index (χ3n) is 2.33. The minimum Gasteiger partial charge on any atom is -0.278 e. The highest BCUT2D eigenvalue weighted by atomic mass is 35.5. The van der Waals surface area contributed by atoms with Crippen molar-refractivity contribution >= 4 is 34.3 Å². The number of nitrogens with one attached hydrogen (secondary N) is 1. The molecule has 1 heterocycles. The molecule has 0 aliphatic rings. The van der Waals surface area contributed by atoms with Crippen molar-refractivity contribution in [2.24, 2.45) is 5.10 Å². The number of aryl methyl sites for hydroxylation is 1. The first-order valence-electron chi connectivity index (χ1n) is 5.28. The van der Waals surface area contributed by atoms with Gasteiger partial charge < -0.3 is 0 Å². The van der Waals surface area contributed by atoms with Crippen LogP contribution in [0.3, 0.4) is 0 Å². The second-order valence-corrected chi connectivity index (χ2v) is 5.49. The van der Waals surface area contributed by atoms with Gasteiger partial charge in [0, 0.05) is 0 Å². The van der Waals surface area contributed by atoms with E-state index in [1.54, 1.807) is 0 Å². The SMILES string of the molecule is C/C(=N/Nc1ccc(C)cc1)c1ccc(Cl)s1. The van der Waals surface area contributed by atoms with E-state index in [1.165, 1.54) is 16.9 Å². The van der Waals surface area contributed by atoms with Gasteiger partial charge >= 0.3 is 0 Å². The van der Waals surface area contributed by atoms with Gasteiger partial charge in [0.1, 0.15) is 0 Å². The van der Waals surface area contributed by atoms with Crippen LogP contribution in [0.1, 0.15) is 17.4 Å². The standard InChI is InChI=1S/C13H13ClN2S/c1-9-3-5-11(6-4-9)16-15-10(2)12-7-8-13(14)17-12/h3-8,16H,1-2H3/b15-10-. The lowest BCUT2D eigenvalue weighted by atomic mass is 10.2. The highest BCUT2D eigenvalue weighted by Gasteiger charge is 2.01. The highest BCUT2D eigenvalue weighted by Crippen LogP contribution is 2.22. The molecular weight excluding hydrogens is 252 g/mol. The molecule has 0 saturated heterocycles. The van der Waals surface area contributed by atoms with Crippen LogP contribution in [0.2, 0.25) is 4.34 Å². The van der Waals surface area contributed by atoms with E-state index < -0.39 is 0 Å². The molecule has 0 fully saturated rings. The molecule has 0 amide bonds. The Kier molecular flexibility index (Phi) is 3.82. The maximum atomic E-state index is 5.88. The Morgan fingerprint density at radius 2 is 1.88 bits per heavy atom. The second kappa shape index (κ2) is 5.34. The summed E-state index contributed by atoms with van der Waals surface area (Å²) in [5, 5.41) is 4.33. The van der Waals surface area contributed by atoms with Crippen molar-refractivity contribution in [3.05, 3.63) is 51.2 Å². The van der Waals surface area contributed by atoms with Crippen molar-refractivity contribution < 1.29 is 0 Å². The number of hydrogen-bond acceptors (Lipinski definition) is 3. The van der Waals surface area contributed by atoms with E-state index in [4.69, 9.17) is 11.6 Å². The lowest BCUT2D eigenvalue weighted by Crippen LogP contribution is -1.97. The van der Waals surface area contributed by atoms with E-state index in [-0.39, 0.29) is 0 Å². The molecule has 0 saturated carbocycles. The zero-order valence-electron chi connectivity index (χ0n) is 9.70. The number of hydrogen-bond donors (Lipinski definition) is 1. The molecule has 88 valence electrons. The fourth-order valence-electron chi connectivity index (χ4n) is 1.34. The predicted molar refractivity (Wildman–Crippen MR) is 76.3 cm³/mol. The molecule has 17 heavy (non-hydrogen) atoms.